The van der Waals surface area contributed by atoms with Crippen molar-refractivity contribution in [3.63, 3.8) is 0 Å². The smallest absolute Gasteiger partial charge is 0.0356 e. The fraction of sp³-hybridized carbons (Fsp3) is 0. The molecule has 0 aliphatic heterocycles. The van der Waals surface area contributed by atoms with Gasteiger partial charge >= 0.3 is 0 Å². The van der Waals surface area contributed by atoms with Gasteiger partial charge in [0.25, 0.3) is 0 Å². The van der Waals surface area contributed by atoms with Crippen LogP contribution < -0.4 is 0 Å². The lowest BCUT2D eigenvalue weighted by atomic mass is 10.2. The third kappa shape index (κ3) is 1.10. The molecule has 0 aliphatic rings. The van der Waals surface area contributed by atoms with Crippen LogP contribution in [0.15, 0.2) is 28.1 Å². The zero-order valence-electron chi connectivity index (χ0n) is 5.80. The Morgan fingerprint density at radius 3 is 2.91 bits per heavy atom. The van der Waals surface area contributed by atoms with Crippen molar-refractivity contribution < 1.29 is 0 Å². The van der Waals surface area contributed by atoms with E-state index >= 15 is 0 Å². The first-order valence-electron chi connectivity index (χ1n) is 3.27. The molecule has 0 unspecified atom stereocenters. The molecule has 0 amide bonds. The quantitative estimate of drug-likeness (QED) is 0.640. The molecule has 11 heavy (non-hydrogen) atoms. The first kappa shape index (κ1) is 7.32. The molecule has 0 saturated carbocycles. The molecule has 1 aromatic carbocycles. The Morgan fingerprint density at radius 1 is 1.36 bits per heavy atom. The van der Waals surface area contributed by atoms with Crippen LogP contribution in [-0.4, -0.2) is 0 Å². The van der Waals surface area contributed by atoms with Crippen LogP contribution in [0.1, 0.15) is 5.56 Å². The Bertz CT molecular complexity index is 389. The summed E-state index contributed by atoms with van der Waals surface area (Å²) in [5, 5.41) is 3.33. The van der Waals surface area contributed by atoms with Crippen LogP contribution in [-0.2, 0) is 0 Å². The molecule has 0 bridgehead atoms. The molecule has 2 aromatic rings. The highest BCUT2D eigenvalue weighted by atomic mass is 79.9. The minimum atomic E-state index is 1.11. The molecule has 0 fully saturated rings. The van der Waals surface area contributed by atoms with Gasteiger partial charge in [0.05, 0.1) is 0 Å². The van der Waals surface area contributed by atoms with Crippen LogP contribution in [0.4, 0.5) is 0 Å². The second kappa shape index (κ2) is 2.61. The van der Waals surface area contributed by atoms with Gasteiger partial charge < -0.3 is 0 Å². The van der Waals surface area contributed by atoms with Crippen molar-refractivity contribution in [3.8, 4) is 0 Å². The van der Waals surface area contributed by atoms with Crippen LogP contribution in [0, 0.1) is 6.92 Å². The van der Waals surface area contributed by atoms with E-state index in [2.05, 4.69) is 34.3 Å². The maximum absolute atomic E-state index is 3.95. The fourth-order valence-electron chi connectivity index (χ4n) is 1.11. The van der Waals surface area contributed by atoms with E-state index in [9.17, 15) is 0 Å². The lowest BCUT2D eigenvalue weighted by Crippen LogP contribution is -1.68. The summed E-state index contributed by atoms with van der Waals surface area (Å²) in [6.45, 7) is 3.95. The molecule has 0 N–H and O–H groups in total. The van der Waals surface area contributed by atoms with E-state index in [1.807, 2.05) is 12.1 Å². The van der Waals surface area contributed by atoms with Crippen LogP contribution in [0.2, 0.25) is 0 Å². The summed E-state index contributed by atoms with van der Waals surface area (Å²) in [6, 6.07) is 6.20. The van der Waals surface area contributed by atoms with Gasteiger partial charge in [0.1, 0.15) is 0 Å². The molecule has 1 heterocycles. The lowest BCUT2D eigenvalue weighted by molar-refractivity contribution is 1.74. The standard InChI is InChI=1S/C9H6BrS/c1-6-5-11-8-4-2-3-7(10)9(6)8/h2-5H,1H2. The van der Waals surface area contributed by atoms with Gasteiger partial charge in [-0.1, -0.05) is 22.0 Å². The van der Waals surface area contributed by atoms with Crippen LogP contribution >= 0.6 is 27.3 Å². The molecule has 0 saturated heterocycles. The SMILES string of the molecule is [CH2]c1csc2cccc(Br)c12. The number of hydrogen-bond donors (Lipinski definition) is 0. The average molecular weight is 226 g/mol. The number of hydrogen-bond acceptors (Lipinski definition) is 1. The van der Waals surface area contributed by atoms with E-state index in [0.29, 0.717) is 0 Å². The highest BCUT2D eigenvalue weighted by Crippen LogP contribution is 2.31. The van der Waals surface area contributed by atoms with Gasteiger partial charge in [-0.05, 0) is 30.0 Å². The second-order valence-corrected chi connectivity index (χ2v) is 4.14. The van der Waals surface area contributed by atoms with Crippen LogP contribution in [0.5, 0.6) is 0 Å². The summed E-state index contributed by atoms with van der Waals surface area (Å²) >= 11 is 5.23. The third-order valence-corrected chi connectivity index (χ3v) is 3.28. The first-order valence-corrected chi connectivity index (χ1v) is 4.94. The van der Waals surface area contributed by atoms with Crippen LogP contribution in [0.25, 0.3) is 10.1 Å². The molecule has 1 radical (unpaired) electrons. The van der Waals surface area contributed by atoms with E-state index in [1.165, 1.54) is 10.1 Å². The van der Waals surface area contributed by atoms with Crippen molar-refractivity contribution >= 4 is 37.4 Å². The Kier molecular flexibility index (Phi) is 1.74. The summed E-state index contributed by atoms with van der Waals surface area (Å²) in [6.07, 6.45) is 0. The van der Waals surface area contributed by atoms with Gasteiger partial charge in [-0.3, -0.25) is 0 Å². The van der Waals surface area contributed by atoms with E-state index in [1.54, 1.807) is 11.3 Å². The van der Waals surface area contributed by atoms with Gasteiger partial charge in [0, 0.05) is 14.6 Å². The highest BCUT2D eigenvalue weighted by Gasteiger charge is 2.01. The molecule has 0 aliphatic carbocycles. The van der Waals surface area contributed by atoms with Crippen LogP contribution in [0.3, 0.4) is 0 Å². The average Bonchev–Trinajstić information content (AvgIpc) is 2.34. The molecular weight excluding hydrogens is 220 g/mol. The fourth-order valence-corrected chi connectivity index (χ4v) is 2.76. The van der Waals surface area contributed by atoms with Crippen molar-refractivity contribution in [1.82, 2.24) is 0 Å². The molecule has 0 spiro atoms. The van der Waals surface area contributed by atoms with Crippen molar-refractivity contribution in [2.45, 2.75) is 0 Å². The predicted octanol–water partition coefficient (Wildman–Crippen LogP) is 3.85. The number of halogens is 1. The van der Waals surface area contributed by atoms with E-state index in [0.717, 1.165) is 10.0 Å². The molecule has 1 aromatic heterocycles. The highest BCUT2D eigenvalue weighted by molar-refractivity contribution is 9.10. The van der Waals surface area contributed by atoms with Crippen molar-refractivity contribution in [2.75, 3.05) is 0 Å². The lowest BCUT2D eigenvalue weighted by Gasteiger charge is -1.93. The molecule has 0 atom stereocenters. The van der Waals surface area contributed by atoms with Gasteiger partial charge in [-0.25, -0.2) is 0 Å². The molecule has 2 rings (SSSR count). The summed E-state index contributed by atoms with van der Waals surface area (Å²) in [4.78, 5) is 0. The van der Waals surface area contributed by atoms with Gasteiger partial charge in [0.15, 0.2) is 0 Å². The van der Waals surface area contributed by atoms with Gasteiger partial charge in [0.2, 0.25) is 0 Å². The van der Waals surface area contributed by atoms with Gasteiger partial charge in [-0.2, -0.15) is 0 Å². The molecular formula is C9H6BrS. The number of benzene rings is 1. The second-order valence-electron chi connectivity index (χ2n) is 2.37. The summed E-state index contributed by atoms with van der Waals surface area (Å²) < 4.78 is 2.44. The minimum absolute atomic E-state index is 1.11. The van der Waals surface area contributed by atoms with E-state index in [4.69, 9.17) is 0 Å². The normalized spacial score (nSPS) is 10.7. The van der Waals surface area contributed by atoms with E-state index in [-0.39, 0.29) is 0 Å². The van der Waals surface area contributed by atoms with E-state index < -0.39 is 0 Å². The number of thiophene rings is 1. The number of fused-ring (bicyclic) bond motifs is 1. The molecule has 0 nitrogen and oxygen atoms in total. The topological polar surface area (TPSA) is 0 Å². The third-order valence-electron chi connectivity index (χ3n) is 1.62. The van der Waals surface area contributed by atoms with Crippen molar-refractivity contribution in [2.24, 2.45) is 0 Å². The summed E-state index contributed by atoms with van der Waals surface area (Å²) in [7, 11) is 0. The van der Waals surface area contributed by atoms with Crippen molar-refractivity contribution in [3.05, 3.63) is 40.5 Å². The zero-order chi connectivity index (χ0) is 7.84. The Morgan fingerprint density at radius 2 is 2.18 bits per heavy atom. The molecule has 2 heteroatoms. The monoisotopic (exact) mass is 225 g/mol. The number of rotatable bonds is 0. The van der Waals surface area contributed by atoms with Gasteiger partial charge in [-0.15, -0.1) is 11.3 Å². The largest absolute Gasteiger partial charge is 0.143 e. The zero-order valence-corrected chi connectivity index (χ0v) is 8.21. The Balaban J connectivity index is 2.96. The predicted molar refractivity (Wildman–Crippen MR) is 54.0 cm³/mol. The maximum Gasteiger partial charge on any atom is 0.0356 e. The first-order chi connectivity index (χ1) is 5.29. The molecule has 55 valence electrons. The Labute approximate surface area is 78.0 Å². The minimum Gasteiger partial charge on any atom is -0.143 e. The summed E-state index contributed by atoms with van der Waals surface area (Å²) in [5.41, 5.74) is 1.11. The van der Waals surface area contributed by atoms with Crippen molar-refractivity contribution in [1.29, 1.82) is 0 Å². The summed E-state index contributed by atoms with van der Waals surface area (Å²) in [5.74, 6) is 0. The Hall–Kier alpha value is -0.340. The maximum atomic E-state index is 3.95.